The summed E-state index contributed by atoms with van der Waals surface area (Å²) in [6.07, 6.45) is 0.759. The van der Waals surface area contributed by atoms with Crippen LogP contribution >= 0.6 is 15.9 Å². The van der Waals surface area contributed by atoms with Gasteiger partial charge in [0.1, 0.15) is 5.75 Å². The lowest BCUT2D eigenvalue weighted by molar-refractivity contribution is 0.357. The Morgan fingerprint density at radius 3 is 2.05 bits per heavy atom. The van der Waals surface area contributed by atoms with E-state index in [0.29, 0.717) is 11.5 Å². The third kappa shape index (κ3) is 4.04. The zero-order chi connectivity index (χ0) is 26.2. The maximum absolute atomic E-state index is 5.90. The summed E-state index contributed by atoms with van der Waals surface area (Å²) in [5.74, 6) is 2.28. The van der Waals surface area contributed by atoms with E-state index >= 15 is 0 Å². The molecular formula is C33H26BrNO3. The lowest BCUT2D eigenvalue weighted by Gasteiger charge is -2.26. The van der Waals surface area contributed by atoms with Crippen LogP contribution < -0.4 is 14.2 Å². The topological polar surface area (TPSA) is 40.0 Å². The van der Waals surface area contributed by atoms with E-state index in [9.17, 15) is 0 Å². The number of halogens is 1. The molecule has 0 saturated heterocycles. The molecule has 1 aliphatic rings. The number of fused-ring (bicyclic) bond motifs is 2. The summed E-state index contributed by atoms with van der Waals surface area (Å²) >= 11 is 3.70. The summed E-state index contributed by atoms with van der Waals surface area (Å²) in [6, 6.07) is 31.2. The third-order valence-electron chi connectivity index (χ3n) is 7.11. The molecule has 0 spiro atoms. The maximum Gasteiger partial charge on any atom is 0.169 e. The highest BCUT2D eigenvalue weighted by Gasteiger charge is 2.28. The van der Waals surface area contributed by atoms with Crippen molar-refractivity contribution in [2.75, 3.05) is 21.3 Å². The van der Waals surface area contributed by atoms with Crippen LogP contribution in [0.3, 0.4) is 0 Å². The molecule has 0 saturated carbocycles. The normalized spacial score (nSPS) is 13.2. The van der Waals surface area contributed by atoms with Gasteiger partial charge in [-0.2, -0.15) is 0 Å². The molecule has 0 bridgehead atoms. The first kappa shape index (κ1) is 24.3. The second kappa shape index (κ2) is 9.99. The second-order valence-corrected chi connectivity index (χ2v) is 10.00. The van der Waals surface area contributed by atoms with Crippen molar-refractivity contribution in [2.45, 2.75) is 6.42 Å². The smallest absolute Gasteiger partial charge is 0.169 e. The molecule has 5 aromatic carbocycles. The molecule has 1 aliphatic carbocycles. The van der Waals surface area contributed by atoms with Crippen molar-refractivity contribution in [3.05, 3.63) is 107 Å². The fourth-order valence-electron chi connectivity index (χ4n) is 5.23. The van der Waals surface area contributed by atoms with Crippen molar-refractivity contribution in [1.29, 1.82) is 0 Å². The Morgan fingerprint density at radius 1 is 0.632 bits per heavy atom. The quantitative estimate of drug-likeness (QED) is 0.207. The molecule has 6 rings (SSSR count). The standard InChI is InChI=1S/C33H26BrNO3/c1-36-29-17-16-26(34)32-25(29)18-28(32)35-27-11-7-10-23-24(27)19-30(37-2)33(38-3)31(23)22-14-12-21(13-15-22)20-8-5-4-6-9-20/h4-17,19H,18H2,1-3H3. The van der Waals surface area contributed by atoms with Gasteiger partial charge in [0.05, 0.1) is 32.7 Å². The monoisotopic (exact) mass is 563 g/mol. The molecule has 0 heterocycles. The van der Waals surface area contributed by atoms with E-state index in [4.69, 9.17) is 19.2 Å². The Kier molecular flexibility index (Phi) is 6.38. The summed E-state index contributed by atoms with van der Waals surface area (Å²) < 4.78 is 18.3. The van der Waals surface area contributed by atoms with E-state index in [0.717, 1.165) is 61.1 Å². The van der Waals surface area contributed by atoms with Gasteiger partial charge in [0, 0.05) is 33.0 Å². The Labute approximate surface area is 230 Å². The lowest BCUT2D eigenvalue weighted by Crippen LogP contribution is -2.21. The van der Waals surface area contributed by atoms with E-state index in [2.05, 4.69) is 82.7 Å². The molecule has 188 valence electrons. The van der Waals surface area contributed by atoms with Gasteiger partial charge in [-0.15, -0.1) is 0 Å². The Balaban J connectivity index is 1.51. The number of aliphatic imine (C=N–C) groups is 1. The average Bonchev–Trinajstić information content (AvgIpc) is 2.95. The van der Waals surface area contributed by atoms with Crippen LogP contribution in [0.15, 0.2) is 100 Å². The summed E-state index contributed by atoms with van der Waals surface area (Å²) in [5.41, 5.74) is 8.60. The first-order valence-corrected chi connectivity index (χ1v) is 13.2. The Bertz CT molecular complexity index is 1690. The van der Waals surface area contributed by atoms with Crippen molar-refractivity contribution >= 4 is 38.1 Å². The van der Waals surface area contributed by atoms with Gasteiger partial charge in [0.2, 0.25) is 0 Å². The van der Waals surface area contributed by atoms with Gasteiger partial charge < -0.3 is 14.2 Å². The van der Waals surface area contributed by atoms with Crippen molar-refractivity contribution in [3.8, 4) is 39.5 Å². The molecule has 5 aromatic rings. The molecule has 0 amide bonds. The summed E-state index contributed by atoms with van der Waals surface area (Å²) in [7, 11) is 5.06. The molecule has 5 heteroatoms. The first-order valence-electron chi connectivity index (χ1n) is 12.4. The van der Waals surface area contributed by atoms with Crippen LogP contribution in [-0.4, -0.2) is 27.0 Å². The average molecular weight is 564 g/mol. The van der Waals surface area contributed by atoms with E-state index in [1.165, 1.54) is 11.1 Å². The highest BCUT2D eigenvalue weighted by molar-refractivity contribution is 9.10. The highest BCUT2D eigenvalue weighted by atomic mass is 79.9. The van der Waals surface area contributed by atoms with E-state index < -0.39 is 0 Å². The number of methoxy groups -OCH3 is 3. The molecule has 0 unspecified atom stereocenters. The van der Waals surface area contributed by atoms with E-state index in [-0.39, 0.29) is 0 Å². The van der Waals surface area contributed by atoms with Crippen molar-refractivity contribution in [1.82, 2.24) is 0 Å². The lowest BCUT2D eigenvalue weighted by atomic mass is 9.85. The number of hydrogen-bond donors (Lipinski definition) is 0. The van der Waals surface area contributed by atoms with Crippen LogP contribution in [0.25, 0.3) is 33.0 Å². The SMILES string of the molecule is COc1ccc(Br)c2c1CC2=Nc1cccc2c(-c3ccc(-c4ccccc4)cc3)c(OC)c(OC)cc12. The zero-order valence-electron chi connectivity index (χ0n) is 21.4. The predicted molar refractivity (Wildman–Crippen MR) is 159 cm³/mol. The summed E-state index contributed by atoms with van der Waals surface area (Å²) in [5, 5.41) is 2.06. The Morgan fingerprint density at radius 2 is 1.34 bits per heavy atom. The van der Waals surface area contributed by atoms with Gasteiger partial charge in [0.15, 0.2) is 11.5 Å². The maximum atomic E-state index is 5.90. The molecule has 0 N–H and O–H groups in total. The minimum absolute atomic E-state index is 0.673. The number of hydrogen-bond acceptors (Lipinski definition) is 4. The third-order valence-corrected chi connectivity index (χ3v) is 7.77. The molecular weight excluding hydrogens is 538 g/mol. The second-order valence-electron chi connectivity index (χ2n) is 9.14. The van der Waals surface area contributed by atoms with Crippen LogP contribution in [0.4, 0.5) is 5.69 Å². The van der Waals surface area contributed by atoms with Gasteiger partial charge in [-0.1, -0.05) is 82.7 Å². The Hall–Kier alpha value is -4.09. The van der Waals surface area contributed by atoms with Crippen molar-refractivity contribution in [2.24, 2.45) is 4.99 Å². The number of ether oxygens (including phenoxy) is 3. The van der Waals surface area contributed by atoms with Gasteiger partial charge >= 0.3 is 0 Å². The minimum atomic E-state index is 0.673. The molecule has 0 aliphatic heterocycles. The van der Waals surface area contributed by atoms with Crippen molar-refractivity contribution in [3.63, 3.8) is 0 Å². The highest BCUT2D eigenvalue weighted by Crippen LogP contribution is 2.47. The van der Waals surface area contributed by atoms with E-state index in [1.54, 1.807) is 21.3 Å². The molecule has 38 heavy (non-hydrogen) atoms. The van der Waals surface area contributed by atoms with Crippen LogP contribution in [0.2, 0.25) is 0 Å². The first-order chi connectivity index (χ1) is 18.6. The molecule has 0 aromatic heterocycles. The van der Waals surface area contributed by atoms with E-state index in [1.807, 2.05) is 24.3 Å². The largest absolute Gasteiger partial charge is 0.496 e. The van der Waals surface area contributed by atoms with Crippen LogP contribution in [0.5, 0.6) is 17.2 Å². The predicted octanol–water partition coefficient (Wildman–Crippen LogP) is 8.64. The molecule has 0 radical (unpaired) electrons. The summed E-state index contributed by atoms with van der Waals surface area (Å²) in [4.78, 5) is 5.12. The van der Waals surface area contributed by atoms with Crippen molar-refractivity contribution < 1.29 is 14.2 Å². The number of nitrogens with zero attached hydrogens (tertiary/aromatic N) is 1. The zero-order valence-corrected chi connectivity index (χ0v) is 23.0. The van der Waals surface area contributed by atoms with Gasteiger partial charge in [0.25, 0.3) is 0 Å². The van der Waals surface area contributed by atoms with Gasteiger partial charge in [-0.05, 0) is 46.3 Å². The minimum Gasteiger partial charge on any atom is -0.496 e. The fraction of sp³-hybridized carbons (Fsp3) is 0.121. The molecule has 0 fully saturated rings. The van der Waals surface area contributed by atoms with Gasteiger partial charge in [-0.3, -0.25) is 4.99 Å². The molecule has 0 atom stereocenters. The van der Waals surface area contributed by atoms with Crippen LogP contribution in [0, 0.1) is 0 Å². The van der Waals surface area contributed by atoms with Crippen LogP contribution in [0.1, 0.15) is 11.1 Å². The van der Waals surface area contributed by atoms with Crippen LogP contribution in [-0.2, 0) is 6.42 Å². The fourth-order valence-corrected chi connectivity index (χ4v) is 5.83. The summed E-state index contributed by atoms with van der Waals surface area (Å²) in [6.45, 7) is 0. The molecule has 4 nitrogen and oxygen atoms in total. The number of benzene rings is 5. The van der Waals surface area contributed by atoms with Gasteiger partial charge in [-0.25, -0.2) is 0 Å². The number of rotatable bonds is 6.